The Morgan fingerprint density at radius 3 is 2.38 bits per heavy atom. The van der Waals surface area contributed by atoms with Crippen molar-refractivity contribution in [3.63, 3.8) is 0 Å². The fraction of sp³-hybridized carbons (Fsp3) is 0.417. The van der Waals surface area contributed by atoms with Crippen LogP contribution in [-0.2, 0) is 22.4 Å². The molecule has 0 saturated heterocycles. The molecule has 1 unspecified atom stereocenters. The van der Waals surface area contributed by atoms with Crippen molar-refractivity contribution in [2.75, 3.05) is 21.3 Å². The monoisotopic (exact) mass is 444 g/mol. The molecule has 8 heteroatoms. The molecule has 2 atom stereocenters. The molecule has 2 aromatic rings. The Labute approximate surface area is 188 Å². The second kappa shape index (κ2) is 12.0. The first-order chi connectivity index (χ1) is 15.3. The molecule has 1 aliphatic rings. The first-order valence-electron chi connectivity index (χ1n) is 10.4. The largest absolute Gasteiger partial charge is 0.496 e. The molecule has 0 radical (unpaired) electrons. The first kappa shape index (κ1) is 25.0. The third kappa shape index (κ3) is 6.62. The van der Waals surface area contributed by atoms with Crippen LogP contribution >= 0.6 is 0 Å². The molecular formula is C24H32N2O6. The smallest absolute Gasteiger partial charge is 0.326 e. The van der Waals surface area contributed by atoms with E-state index in [2.05, 4.69) is 11.4 Å². The summed E-state index contributed by atoms with van der Waals surface area (Å²) in [5.41, 5.74) is 9.33. The van der Waals surface area contributed by atoms with Gasteiger partial charge < -0.3 is 30.4 Å². The Bertz CT molecular complexity index is 931. The summed E-state index contributed by atoms with van der Waals surface area (Å²) in [6, 6.07) is 10.5. The molecule has 4 N–H and O–H groups in total. The van der Waals surface area contributed by atoms with E-state index in [9.17, 15) is 9.59 Å². The van der Waals surface area contributed by atoms with Crippen molar-refractivity contribution in [1.29, 1.82) is 0 Å². The normalized spacial score (nSPS) is 15.3. The number of hydrogen-bond acceptors (Lipinski definition) is 6. The Morgan fingerprint density at radius 2 is 1.78 bits per heavy atom. The summed E-state index contributed by atoms with van der Waals surface area (Å²) in [5.74, 6) is 0.620. The van der Waals surface area contributed by atoms with Crippen molar-refractivity contribution in [2.24, 2.45) is 5.73 Å². The quantitative estimate of drug-likeness (QED) is 0.601. The lowest BCUT2D eigenvalue weighted by Gasteiger charge is -2.23. The van der Waals surface area contributed by atoms with Gasteiger partial charge in [-0.3, -0.25) is 4.79 Å². The zero-order valence-corrected chi connectivity index (χ0v) is 19.0. The van der Waals surface area contributed by atoms with E-state index in [1.165, 1.54) is 38.7 Å². The summed E-state index contributed by atoms with van der Waals surface area (Å²) in [4.78, 5) is 22.0. The predicted molar refractivity (Wildman–Crippen MR) is 121 cm³/mol. The summed E-state index contributed by atoms with van der Waals surface area (Å²) in [6.45, 7) is 1.28. The molecule has 0 heterocycles. The van der Waals surface area contributed by atoms with Gasteiger partial charge in [-0.1, -0.05) is 18.2 Å². The number of carboxylic acid groups (broad SMARTS) is 1. The predicted octanol–water partition coefficient (Wildman–Crippen LogP) is 2.87. The van der Waals surface area contributed by atoms with Crippen LogP contribution in [0.25, 0.3) is 0 Å². The van der Waals surface area contributed by atoms with Crippen LogP contribution in [-0.4, -0.2) is 44.4 Å². The SMILES string of the molecule is COc1ccc(C[C@H](NC(C)=O)C(=O)O)cc1OC.COc1cccc2c1CCCC2N. The molecular weight excluding hydrogens is 412 g/mol. The highest BCUT2D eigenvalue weighted by Crippen LogP contribution is 2.33. The minimum absolute atomic E-state index is 0.176. The van der Waals surface area contributed by atoms with Crippen molar-refractivity contribution < 1.29 is 28.9 Å². The lowest BCUT2D eigenvalue weighted by molar-refractivity contribution is -0.141. The minimum Gasteiger partial charge on any atom is -0.496 e. The number of carboxylic acids is 1. The molecule has 1 amide bonds. The van der Waals surface area contributed by atoms with E-state index in [1.807, 2.05) is 12.1 Å². The van der Waals surface area contributed by atoms with E-state index in [1.54, 1.807) is 25.3 Å². The Kier molecular flexibility index (Phi) is 9.34. The number of nitrogens with two attached hydrogens (primary N) is 1. The average molecular weight is 445 g/mol. The summed E-state index contributed by atoms with van der Waals surface area (Å²) < 4.78 is 15.5. The molecule has 2 aromatic carbocycles. The maximum atomic E-state index is 11.0. The van der Waals surface area contributed by atoms with E-state index < -0.39 is 12.0 Å². The van der Waals surface area contributed by atoms with Gasteiger partial charge in [0.15, 0.2) is 11.5 Å². The van der Waals surface area contributed by atoms with E-state index in [-0.39, 0.29) is 18.4 Å². The molecule has 32 heavy (non-hydrogen) atoms. The molecule has 0 spiro atoms. The van der Waals surface area contributed by atoms with Gasteiger partial charge in [0.25, 0.3) is 0 Å². The van der Waals surface area contributed by atoms with Gasteiger partial charge in [0.1, 0.15) is 11.8 Å². The van der Waals surface area contributed by atoms with Crippen LogP contribution in [0.1, 0.15) is 42.5 Å². The zero-order chi connectivity index (χ0) is 23.7. The van der Waals surface area contributed by atoms with Crippen LogP contribution in [0.5, 0.6) is 17.2 Å². The van der Waals surface area contributed by atoms with Crippen molar-refractivity contribution in [2.45, 2.75) is 44.7 Å². The van der Waals surface area contributed by atoms with Gasteiger partial charge in [0, 0.05) is 19.4 Å². The second-order valence-corrected chi connectivity index (χ2v) is 7.51. The Morgan fingerprint density at radius 1 is 1.09 bits per heavy atom. The number of fused-ring (bicyclic) bond motifs is 1. The number of carbonyl (C=O) groups is 2. The first-order valence-corrected chi connectivity index (χ1v) is 10.4. The highest BCUT2D eigenvalue weighted by atomic mass is 16.5. The standard InChI is InChI=1S/C13H17NO5.C11H15NO/c1-8(15)14-10(13(16)17)6-9-4-5-11(18-2)12(7-9)19-3;1-13-11-7-3-4-8-9(11)5-2-6-10(8)12/h4-5,7,10H,6H2,1-3H3,(H,14,15)(H,16,17);3-4,7,10H,2,5-6,12H2,1H3/t10-;/m0./s1. The molecule has 174 valence electrons. The average Bonchev–Trinajstić information content (AvgIpc) is 2.78. The Hall–Kier alpha value is -3.26. The van der Waals surface area contributed by atoms with Crippen molar-refractivity contribution >= 4 is 11.9 Å². The number of nitrogens with one attached hydrogen (secondary N) is 1. The number of rotatable bonds is 7. The minimum atomic E-state index is -1.08. The van der Waals surface area contributed by atoms with Crippen LogP contribution in [0.2, 0.25) is 0 Å². The number of amides is 1. The van der Waals surface area contributed by atoms with Crippen LogP contribution in [0.4, 0.5) is 0 Å². The molecule has 0 aromatic heterocycles. The van der Waals surface area contributed by atoms with Gasteiger partial charge in [-0.15, -0.1) is 0 Å². The van der Waals surface area contributed by atoms with Gasteiger partial charge in [0.2, 0.25) is 5.91 Å². The summed E-state index contributed by atoms with van der Waals surface area (Å²) in [6.07, 6.45) is 3.55. The number of benzene rings is 2. The Balaban J connectivity index is 0.000000242. The van der Waals surface area contributed by atoms with Gasteiger partial charge >= 0.3 is 5.97 Å². The maximum Gasteiger partial charge on any atom is 0.326 e. The molecule has 8 nitrogen and oxygen atoms in total. The van der Waals surface area contributed by atoms with Crippen molar-refractivity contribution in [3.05, 3.63) is 53.1 Å². The third-order valence-corrected chi connectivity index (χ3v) is 5.29. The van der Waals surface area contributed by atoms with Crippen LogP contribution in [0.3, 0.4) is 0 Å². The molecule has 0 saturated carbocycles. The van der Waals surface area contributed by atoms with E-state index in [0.29, 0.717) is 11.5 Å². The van der Waals surface area contributed by atoms with Crippen LogP contribution in [0.15, 0.2) is 36.4 Å². The van der Waals surface area contributed by atoms with E-state index in [4.69, 9.17) is 25.1 Å². The summed E-state index contributed by atoms with van der Waals surface area (Å²) >= 11 is 0. The number of hydrogen-bond donors (Lipinski definition) is 3. The summed E-state index contributed by atoms with van der Waals surface area (Å²) in [7, 11) is 4.74. The molecule has 3 rings (SSSR count). The number of methoxy groups -OCH3 is 3. The topological polar surface area (TPSA) is 120 Å². The highest BCUT2D eigenvalue weighted by Gasteiger charge is 2.20. The summed E-state index contributed by atoms with van der Waals surface area (Å²) in [5, 5.41) is 11.4. The second-order valence-electron chi connectivity index (χ2n) is 7.51. The maximum absolute atomic E-state index is 11.0. The molecule has 0 fully saturated rings. The lowest BCUT2D eigenvalue weighted by atomic mass is 9.88. The zero-order valence-electron chi connectivity index (χ0n) is 19.0. The van der Waals surface area contributed by atoms with Crippen LogP contribution < -0.4 is 25.3 Å². The highest BCUT2D eigenvalue weighted by molar-refractivity contribution is 5.82. The number of ether oxygens (including phenoxy) is 3. The van der Waals surface area contributed by atoms with E-state index in [0.717, 1.165) is 24.2 Å². The molecule has 1 aliphatic carbocycles. The number of carbonyl (C=O) groups excluding carboxylic acids is 1. The van der Waals surface area contributed by atoms with Crippen molar-refractivity contribution in [1.82, 2.24) is 5.32 Å². The van der Waals surface area contributed by atoms with Gasteiger partial charge in [0.05, 0.1) is 21.3 Å². The number of aliphatic carboxylic acids is 1. The van der Waals surface area contributed by atoms with Gasteiger partial charge in [-0.05, 0) is 54.2 Å². The van der Waals surface area contributed by atoms with Crippen LogP contribution in [0, 0.1) is 0 Å². The van der Waals surface area contributed by atoms with Gasteiger partial charge in [-0.2, -0.15) is 0 Å². The fourth-order valence-corrected chi connectivity index (χ4v) is 3.73. The van der Waals surface area contributed by atoms with Gasteiger partial charge in [-0.25, -0.2) is 4.79 Å². The fourth-order valence-electron chi connectivity index (χ4n) is 3.73. The lowest BCUT2D eigenvalue weighted by Crippen LogP contribution is -2.41. The molecule has 0 aliphatic heterocycles. The van der Waals surface area contributed by atoms with E-state index >= 15 is 0 Å². The third-order valence-electron chi connectivity index (χ3n) is 5.29. The molecule has 0 bridgehead atoms. The van der Waals surface area contributed by atoms with Crippen molar-refractivity contribution in [3.8, 4) is 17.2 Å².